The summed E-state index contributed by atoms with van der Waals surface area (Å²) < 4.78 is 5.98. The zero-order chi connectivity index (χ0) is 19.0. The molecule has 0 saturated carbocycles. The summed E-state index contributed by atoms with van der Waals surface area (Å²) >= 11 is 12.5. The Morgan fingerprint density at radius 2 is 1.96 bits per heavy atom. The van der Waals surface area contributed by atoms with Crippen molar-refractivity contribution in [3.63, 3.8) is 0 Å². The first kappa shape index (κ1) is 18.8. The molecule has 3 amide bonds. The number of carbonyl (C=O) groups excluding carboxylic acids is 2. The molecule has 2 N–H and O–H groups in total. The molecular weight excluding hydrogens is 491 g/mol. The van der Waals surface area contributed by atoms with E-state index in [9.17, 15) is 14.7 Å². The molecule has 0 atom stereocenters. The van der Waals surface area contributed by atoms with Crippen LogP contribution in [-0.2, 0) is 4.79 Å². The molecule has 134 valence electrons. The number of phenols is 1. The lowest BCUT2D eigenvalue weighted by Gasteiger charge is -2.12. The van der Waals surface area contributed by atoms with Crippen LogP contribution in [0, 0.1) is 0 Å². The minimum atomic E-state index is -0.579. The van der Waals surface area contributed by atoms with E-state index in [1.165, 1.54) is 19.3 Å². The molecule has 26 heavy (non-hydrogen) atoms. The van der Waals surface area contributed by atoms with Gasteiger partial charge in [0.1, 0.15) is 5.70 Å². The molecule has 0 spiro atoms. The van der Waals surface area contributed by atoms with E-state index in [1.807, 2.05) is 0 Å². The predicted molar refractivity (Wildman–Crippen MR) is 106 cm³/mol. The third-order valence-electron chi connectivity index (χ3n) is 3.64. The van der Waals surface area contributed by atoms with Crippen LogP contribution in [0.3, 0.4) is 0 Å². The molecule has 1 aliphatic heterocycles. The molecular formula is C17H11Br2ClN2O4. The van der Waals surface area contributed by atoms with Crippen LogP contribution in [-0.4, -0.2) is 24.2 Å². The predicted octanol–water partition coefficient (Wildman–Crippen LogP) is 4.68. The van der Waals surface area contributed by atoms with Crippen LogP contribution in [0.2, 0.25) is 5.02 Å². The lowest BCUT2D eigenvalue weighted by atomic mass is 10.1. The number of anilines is 1. The molecule has 1 heterocycles. The third-order valence-corrected chi connectivity index (χ3v) is 6.03. The molecule has 9 heteroatoms. The summed E-state index contributed by atoms with van der Waals surface area (Å²) in [4.78, 5) is 25.9. The van der Waals surface area contributed by atoms with Crippen molar-refractivity contribution in [1.29, 1.82) is 0 Å². The second kappa shape index (κ2) is 7.30. The summed E-state index contributed by atoms with van der Waals surface area (Å²) in [5.74, 6) is -0.383. The highest BCUT2D eigenvalue weighted by Gasteiger charge is 2.35. The van der Waals surface area contributed by atoms with Gasteiger partial charge in [0.25, 0.3) is 5.91 Å². The molecule has 2 aromatic carbocycles. The number of carbonyl (C=O) groups is 2. The molecule has 0 bridgehead atoms. The van der Waals surface area contributed by atoms with E-state index < -0.39 is 11.9 Å². The Kier molecular flexibility index (Phi) is 5.27. The first-order chi connectivity index (χ1) is 12.3. The van der Waals surface area contributed by atoms with Crippen molar-refractivity contribution in [3.05, 3.63) is 55.6 Å². The number of phenolic OH excluding ortho intramolecular Hbond substituents is 1. The van der Waals surface area contributed by atoms with Crippen molar-refractivity contribution >= 4 is 67.2 Å². The number of hydrogen-bond donors (Lipinski definition) is 2. The van der Waals surface area contributed by atoms with Crippen LogP contribution in [0.5, 0.6) is 11.5 Å². The number of halogens is 3. The van der Waals surface area contributed by atoms with E-state index in [0.29, 0.717) is 25.2 Å². The molecule has 1 fully saturated rings. The van der Waals surface area contributed by atoms with Gasteiger partial charge in [-0.05, 0) is 67.8 Å². The van der Waals surface area contributed by atoms with Crippen LogP contribution in [0.15, 0.2) is 45.0 Å². The molecule has 3 rings (SSSR count). The Morgan fingerprint density at radius 3 is 2.62 bits per heavy atom. The van der Waals surface area contributed by atoms with Gasteiger partial charge < -0.3 is 15.2 Å². The number of ether oxygens (including phenoxy) is 1. The third kappa shape index (κ3) is 3.32. The van der Waals surface area contributed by atoms with Gasteiger partial charge >= 0.3 is 6.03 Å². The summed E-state index contributed by atoms with van der Waals surface area (Å²) in [5.41, 5.74) is 0.977. The normalized spacial score (nSPS) is 15.5. The standard InChI is InChI=1S/C17H11Br2ClN2O4/c1-26-12-6-8(13(18)14(19)15(12)23)5-11-16(24)22(17(25)21-11)10-4-2-3-9(20)7-10/h2-7,23H,1H3,(H,21,25)/b11-5+. The maximum atomic E-state index is 12.7. The number of rotatable bonds is 3. The fourth-order valence-electron chi connectivity index (χ4n) is 2.41. The Labute approximate surface area is 170 Å². The van der Waals surface area contributed by atoms with E-state index in [2.05, 4.69) is 37.2 Å². The van der Waals surface area contributed by atoms with Gasteiger partial charge in [-0.25, -0.2) is 9.69 Å². The first-order valence-corrected chi connectivity index (χ1v) is 9.17. The number of urea groups is 1. The van der Waals surface area contributed by atoms with Gasteiger partial charge in [-0.3, -0.25) is 4.79 Å². The Balaban J connectivity index is 2.03. The van der Waals surface area contributed by atoms with Gasteiger partial charge in [-0.1, -0.05) is 17.7 Å². The average Bonchev–Trinajstić information content (AvgIpc) is 2.89. The summed E-state index contributed by atoms with van der Waals surface area (Å²) in [6, 6.07) is 7.40. The summed E-state index contributed by atoms with van der Waals surface area (Å²) in [7, 11) is 1.41. The highest BCUT2D eigenvalue weighted by atomic mass is 79.9. The van der Waals surface area contributed by atoms with Crippen molar-refractivity contribution in [2.45, 2.75) is 0 Å². The van der Waals surface area contributed by atoms with Crippen molar-refractivity contribution in [2.75, 3.05) is 12.0 Å². The van der Waals surface area contributed by atoms with Crippen molar-refractivity contribution in [1.82, 2.24) is 5.32 Å². The van der Waals surface area contributed by atoms with Crippen LogP contribution in [0.4, 0.5) is 10.5 Å². The van der Waals surface area contributed by atoms with Gasteiger partial charge in [-0.2, -0.15) is 0 Å². The topological polar surface area (TPSA) is 78.9 Å². The van der Waals surface area contributed by atoms with E-state index in [-0.39, 0.29) is 17.2 Å². The van der Waals surface area contributed by atoms with Crippen molar-refractivity contribution in [3.8, 4) is 11.5 Å². The number of nitrogens with zero attached hydrogens (tertiary/aromatic N) is 1. The molecule has 2 aromatic rings. The molecule has 1 aliphatic rings. The van der Waals surface area contributed by atoms with Gasteiger partial charge in [0.2, 0.25) is 0 Å². The fourth-order valence-corrected chi connectivity index (χ4v) is 3.44. The van der Waals surface area contributed by atoms with Crippen LogP contribution >= 0.6 is 43.5 Å². The number of aromatic hydroxyl groups is 1. The lowest BCUT2D eigenvalue weighted by Crippen LogP contribution is -2.30. The quantitative estimate of drug-likeness (QED) is 0.472. The summed E-state index contributed by atoms with van der Waals surface area (Å²) in [5, 5.41) is 12.9. The summed E-state index contributed by atoms with van der Waals surface area (Å²) in [6.45, 7) is 0. The molecule has 0 aromatic heterocycles. The van der Waals surface area contributed by atoms with Gasteiger partial charge in [0, 0.05) is 9.50 Å². The Bertz CT molecular complexity index is 962. The molecule has 0 unspecified atom stereocenters. The Morgan fingerprint density at radius 1 is 1.23 bits per heavy atom. The van der Waals surface area contributed by atoms with E-state index >= 15 is 0 Å². The second-order valence-corrected chi connectivity index (χ2v) is 7.28. The smallest absolute Gasteiger partial charge is 0.333 e. The van der Waals surface area contributed by atoms with Gasteiger partial charge in [-0.15, -0.1) is 0 Å². The maximum absolute atomic E-state index is 12.7. The van der Waals surface area contributed by atoms with Gasteiger partial charge in [0.05, 0.1) is 17.3 Å². The minimum absolute atomic E-state index is 0.0790. The van der Waals surface area contributed by atoms with E-state index in [4.69, 9.17) is 16.3 Å². The fraction of sp³-hybridized carbons (Fsp3) is 0.0588. The van der Waals surface area contributed by atoms with E-state index in [1.54, 1.807) is 24.3 Å². The number of benzene rings is 2. The van der Waals surface area contributed by atoms with Crippen LogP contribution in [0.25, 0.3) is 6.08 Å². The first-order valence-electron chi connectivity index (χ1n) is 7.21. The number of amides is 3. The average molecular weight is 503 g/mol. The van der Waals surface area contributed by atoms with Gasteiger partial charge in [0.15, 0.2) is 11.5 Å². The van der Waals surface area contributed by atoms with E-state index in [0.717, 1.165) is 4.90 Å². The molecule has 6 nitrogen and oxygen atoms in total. The number of imide groups is 1. The zero-order valence-electron chi connectivity index (χ0n) is 13.2. The molecule has 0 aliphatic carbocycles. The van der Waals surface area contributed by atoms with Crippen LogP contribution in [0.1, 0.15) is 5.56 Å². The minimum Gasteiger partial charge on any atom is -0.503 e. The number of nitrogens with one attached hydrogen (secondary N) is 1. The Hall–Kier alpha value is -2.03. The molecule has 1 saturated heterocycles. The highest BCUT2D eigenvalue weighted by molar-refractivity contribution is 9.13. The molecule has 0 radical (unpaired) electrons. The van der Waals surface area contributed by atoms with Crippen molar-refractivity contribution < 1.29 is 19.4 Å². The monoisotopic (exact) mass is 500 g/mol. The lowest BCUT2D eigenvalue weighted by molar-refractivity contribution is -0.113. The highest BCUT2D eigenvalue weighted by Crippen LogP contribution is 2.42. The largest absolute Gasteiger partial charge is 0.503 e. The maximum Gasteiger partial charge on any atom is 0.333 e. The van der Waals surface area contributed by atoms with Crippen molar-refractivity contribution in [2.24, 2.45) is 0 Å². The number of hydrogen-bond acceptors (Lipinski definition) is 4. The number of methoxy groups -OCH3 is 1. The summed E-state index contributed by atoms with van der Waals surface area (Å²) in [6.07, 6.45) is 1.49. The zero-order valence-corrected chi connectivity index (χ0v) is 17.1. The van der Waals surface area contributed by atoms with Crippen LogP contribution < -0.4 is 15.0 Å². The SMILES string of the molecule is COc1cc(/C=C2/NC(=O)N(c3cccc(Cl)c3)C2=O)c(Br)c(Br)c1O. The second-order valence-electron chi connectivity index (χ2n) is 5.25.